The Hall–Kier alpha value is -0.660. The fourth-order valence-corrected chi connectivity index (χ4v) is 3.45. The number of ether oxygens (including phenoxy) is 2. The number of nitrogens with zero attached hydrogens (tertiary/aromatic N) is 1. The van der Waals surface area contributed by atoms with Crippen LogP contribution in [0, 0.1) is 5.92 Å². The van der Waals surface area contributed by atoms with E-state index in [1.165, 1.54) is 0 Å². The van der Waals surface area contributed by atoms with Gasteiger partial charge in [0.25, 0.3) is 0 Å². The van der Waals surface area contributed by atoms with Crippen LogP contribution in [0.4, 0.5) is 4.79 Å². The summed E-state index contributed by atoms with van der Waals surface area (Å²) in [5.74, 6) is 0.273. The average Bonchev–Trinajstić information content (AvgIpc) is 2.62. The number of hydrogen-bond donors (Lipinski definition) is 1. The molecular weight excluding hydrogens is 292 g/mol. The minimum absolute atomic E-state index is 0.193. The summed E-state index contributed by atoms with van der Waals surface area (Å²) in [6.07, 6.45) is 1.20. The van der Waals surface area contributed by atoms with Crippen molar-refractivity contribution < 1.29 is 18.5 Å². The maximum absolute atomic E-state index is 12.0. The molecular formula is C14H26N2O4S. The van der Waals surface area contributed by atoms with Crippen LogP contribution in [0.25, 0.3) is 0 Å². The Kier molecular flexibility index (Phi) is 4.66. The molecule has 7 heteroatoms. The minimum atomic E-state index is -1.17. The van der Waals surface area contributed by atoms with Crippen LogP contribution in [0.5, 0.6) is 0 Å². The number of carbonyl (C=O) groups excluding carboxylic acids is 1. The highest BCUT2D eigenvalue weighted by atomic mass is 32.2. The van der Waals surface area contributed by atoms with Crippen LogP contribution in [0.1, 0.15) is 47.5 Å². The molecule has 0 aliphatic carbocycles. The van der Waals surface area contributed by atoms with Crippen LogP contribution in [0.2, 0.25) is 0 Å². The zero-order chi connectivity index (χ0) is 15.8. The van der Waals surface area contributed by atoms with E-state index in [4.69, 9.17) is 9.47 Å². The van der Waals surface area contributed by atoms with E-state index in [0.29, 0.717) is 13.1 Å². The van der Waals surface area contributed by atoms with Gasteiger partial charge >= 0.3 is 6.09 Å². The summed E-state index contributed by atoms with van der Waals surface area (Å²) >= 11 is 0. The lowest BCUT2D eigenvalue weighted by molar-refractivity contribution is -0.0475. The first-order valence-corrected chi connectivity index (χ1v) is 8.57. The van der Waals surface area contributed by atoms with Gasteiger partial charge in [-0.2, -0.15) is 0 Å². The Morgan fingerprint density at radius 1 is 1.33 bits per heavy atom. The largest absolute Gasteiger partial charge is 0.444 e. The van der Waals surface area contributed by atoms with E-state index in [1.807, 2.05) is 34.6 Å². The summed E-state index contributed by atoms with van der Waals surface area (Å²) in [6, 6.07) is 0. The Morgan fingerprint density at radius 3 is 2.33 bits per heavy atom. The second kappa shape index (κ2) is 5.85. The van der Waals surface area contributed by atoms with Crippen molar-refractivity contribution in [3.63, 3.8) is 0 Å². The van der Waals surface area contributed by atoms with Gasteiger partial charge in [-0.15, -0.1) is 0 Å². The van der Waals surface area contributed by atoms with Gasteiger partial charge in [-0.25, -0.2) is 13.7 Å². The SMILES string of the molecule is CC(C)(C)OC(=O)N1CCC([C@@H]2N[S@@](=O)C(C)(C)O2)CC1. The second-order valence-electron chi connectivity index (χ2n) is 7.13. The molecule has 6 nitrogen and oxygen atoms in total. The summed E-state index contributed by atoms with van der Waals surface area (Å²) in [5.41, 5.74) is -0.467. The lowest BCUT2D eigenvalue weighted by Gasteiger charge is -2.35. The predicted molar refractivity (Wildman–Crippen MR) is 80.8 cm³/mol. The standard InChI is InChI=1S/C14H26N2O4S/c1-13(2,3)20-12(17)16-8-6-10(7-9-16)11-15-21(18)14(4,5)19-11/h10-11,15H,6-9H2,1-5H3/t11-,21+/m1/s1. The minimum Gasteiger partial charge on any atom is -0.444 e. The fraction of sp³-hybridized carbons (Fsp3) is 0.929. The van der Waals surface area contributed by atoms with Crippen molar-refractivity contribution in [2.24, 2.45) is 5.92 Å². The first-order chi connectivity index (χ1) is 9.58. The van der Waals surface area contributed by atoms with E-state index in [0.717, 1.165) is 12.8 Å². The van der Waals surface area contributed by atoms with E-state index in [9.17, 15) is 9.00 Å². The molecule has 0 aromatic heterocycles. The highest BCUT2D eigenvalue weighted by Gasteiger charge is 2.43. The number of nitrogens with one attached hydrogen (secondary N) is 1. The van der Waals surface area contributed by atoms with Crippen molar-refractivity contribution in [2.75, 3.05) is 13.1 Å². The summed E-state index contributed by atoms with van der Waals surface area (Å²) < 4.78 is 26.1. The molecule has 0 bridgehead atoms. The molecule has 2 saturated heterocycles. The Labute approximate surface area is 129 Å². The van der Waals surface area contributed by atoms with Crippen LogP contribution in [-0.4, -0.2) is 45.1 Å². The van der Waals surface area contributed by atoms with E-state index in [-0.39, 0.29) is 18.2 Å². The smallest absolute Gasteiger partial charge is 0.410 e. The molecule has 2 heterocycles. The molecule has 0 aromatic rings. The number of likely N-dealkylation sites (tertiary alicyclic amines) is 1. The van der Waals surface area contributed by atoms with Crippen molar-refractivity contribution in [1.29, 1.82) is 0 Å². The summed E-state index contributed by atoms with van der Waals surface area (Å²) in [5, 5.41) is 0. The maximum Gasteiger partial charge on any atom is 0.410 e. The zero-order valence-electron chi connectivity index (χ0n) is 13.5. The van der Waals surface area contributed by atoms with Crippen LogP contribution < -0.4 is 4.72 Å². The third-order valence-electron chi connectivity index (χ3n) is 3.70. The summed E-state index contributed by atoms with van der Waals surface area (Å²) in [7, 11) is -1.17. The molecule has 2 fully saturated rings. The quantitative estimate of drug-likeness (QED) is 0.803. The molecule has 122 valence electrons. The lowest BCUT2D eigenvalue weighted by Crippen LogP contribution is -2.45. The Morgan fingerprint density at radius 2 is 1.90 bits per heavy atom. The number of amides is 1. The maximum atomic E-state index is 12.0. The lowest BCUT2D eigenvalue weighted by atomic mass is 9.95. The molecule has 0 saturated carbocycles. The number of hydrogen-bond acceptors (Lipinski definition) is 4. The van der Waals surface area contributed by atoms with Gasteiger partial charge < -0.3 is 14.4 Å². The highest BCUT2D eigenvalue weighted by molar-refractivity contribution is 7.84. The highest BCUT2D eigenvalue weighted by Crippen LogP contribution is 2.31. The van der Waals surface area contributed by atoms with Crippen LogP contribution in [-0.2, 0) is 20.5 Å². The normalized spacial score (nSPS) is 30.4. The van der Waals surface area contributed by atoms with Crippen molar-refractivity contribution in [1.82, 2.24) is 9.62 Å². The van der Waals surface area contributed by atoms with E-state index < -0.39 is 21.5 Å². The van der Waals surface area contributed by atoms with E-state index >= 15 is 0 Å². The summed E-state index contributed by atoms with van der Waals surface area (Å²) in [6.45, 7) is 10.5. The molecule has 2 aliphatic rings. The van der Waals surface area contributed by atoms with E-state index in [2.05, 4.69) is 4.72 Å². The van der Waals surface area contributed by atoms with Crippen LogP contribution >= 0.6 is 0 Å². The third-order valence-corrected chi connectivity index (χ3v) is 5.14. The van der Waals surface area contributed by atoms with Gasteiger partial charge in [0.15, 0.2) is 4.93 Å². The van der Waals surface area contributed by atoms with Gasteiger partial charge in [0.2, 0.25) is 0 Å². The molecule has 0 radical (unpaired) electrons. The van der Waals surface area contributed by atoms with Gasteiger partial charge in [-0.3, -0.25) is 0 Å². The van der Waals surface area contributed by atoms with Crippen molar-refractivity contribution in [2.45, 2.75) is 64.2 Å². The average molecular weight is 318 g/mol. The van der Waals surface area contributed by atoms with Gasteiger partial charge in [0.1, 0.15) is 22.8 Å². The van der Waals surface area contributed by atoms with Gasteiger partial charge in [-0.05, 0) is 47.5 Å². The monoisotopic (exact) mass is 318 g/mol. The molecule has 2 atom stereocenters. The van der Waals surface area contributed by atoms with Gasteiger partial charge in [0.05, 0.1) is 0 Å². The molecule has 0 aromatic carbocycles. The van der Waals surface area contributed by atoms with Crippen LogP contribution in [0.3, 0.4) is 0 Å². The Bertz CT molecular complexity index is 425. The first kappa shape index (κ1) is 16.7. The summed E-state index contributed by atoms with van der Waals surface area (Å²) in [4.78, 5) is 13.1. The molecule has 21 heavy (non-hydrogen) atoms. The second-order valence-corrected chi connectivity index (χ2v) is 8.89. The Balaban J connectivity index is 1.84. The molecule has 2 rings (SSSR count). The topological polar surface area (TPSA) is 67.9 Å². The molecule has 0 unspecified atom stereocenters. The fourth-order valence-electron chi connectivity index (χ4n) is 2.52. The zero-order valence-corrected chi connectivity index (χ0v) is 14.3. The number of rotatable bonds is 1. The van der Waals surface area contributed by atoms with Crippen molar-refractivity contribution >= 4 is 17.1 Å². The molecule has 1 N–H and O–H groups in total. The van der Waals surface area contributed by atoms with Gasteiger partial charge in [-0.1, -0.05) is 0 Å². The van der Waals surface area contributed by atoms with Crippen LogP contribution in [0.15, 0.2) is 0 Å². The van der Waals surface area contributed by atoms with Crippen molar-refractivity contribution in [3.8, 4) is 0 Å². The molecule has 0 spiro atoms. The van der Waals surface area contributed by atoms with Crippen molar-refractivity contribution in [3.05, 3.63) is 0 Å². The van der Waals surface area contributed by atoms with E-state index in [1.54, 1.807) is 4.90 Å². The third kappa shape index (κ3) is 4.17. The first-order valence-electron chi connectivity index (χ1n) is 7.42. The molecule has 2 aliphatic heterocycles. The molecule has 1 amide bonds. The predicted octanol–water partition coefficient (Wildman–Crippen LogP) is 1.98. The van der Waals surface area contributed by atoms with Gasteiger partial charge in [0, 0.05) is 19.0 Å². The number of piperidine rings is 1. The number of carbonyl (C=O) groups is 1.